The van der Waals surface area contributed by atoms with E-state index in [1.165, 1.54) is 5.69 Å². The maximum atomic E-state index is 12.6. The number of nitrogens with zero attached hydrogens (tertiary/aromatic N) is 1. The molecule has 1 aliphatic heterocycles. The molecular formula is C22H24ClN3O2. The first kappa shape index (κ1) is 18.8. The number of aromatic amines is 1. The molecule has 3 aromatic rings. The molecule has 0 aliphatic carbocycles. The highest BCUT2D eigenvalue weighted by Gasteiger charge is 2.16. The van der Waals surface area contributed by atoms with E-state index in [0.29, 0.717) is 17.3 Å². The van der Waals surface area contributed by atoms with Crippen molar-refractivity contribution in [2.45, 2.75) is 13.3 Å². The van der Waals surface area contributed by atoms with Crippen LogP contribution in [0, 0.1) is 6.92 Å². The van der Waals surface area contributed by atoms with Crippen molar-refractivity contribution in [3.8, 4) is 0 Å². The Morgan fingerprint density at radius 2 is 2.04 bits per heavy atom. The van der Waals surface area contributed by atoms with Gasteiger partial charge in [0, 0.05) is 41.2 Å². The monoisotopic (exact) mass is 397 g/mol. The summed E-state index contributed by atoms with van der Waals surface area (Å²) < 4.78 is 5.45. The molecule has 1 amide bonds. The van der Waals surface area contributed by atoms with E-state index in [1.54, 1.807) is 0 Å². The second-order valence-corrected chi connectivity index (χ2v) is 7.54. The van der Waals surface area contributed by atoms with E-state index >= 15 is 0 Å². The van der Waals surface area contributed by atoms with Gasteiger partial charge in [-0.25, -0.2) is 0 Å². The minimum atomic E-state index is -0.0921. The lowest BCUT2D eigenvalue weighted by Gasteiger charge is -2.30. The standard InChI is InChI=1S/C22H24ClN3O2/c1-15-3-2-4-17-14-19(25-21(15)17)22(27)24-8-7-16-13-18(23)5-6-20(16)26-9-11-28-12-10-26/h2-6,13-14,25H,7-12H2,1H3,(H,24,27). The number of H-pyrrole nitrogens is 1. The molecule has 2 aromatic carbocycles. The summed E-state index contributed by atoms with van der Waals surface area (Å²) in [6.45, 7) is 5.79. The Kier molecular flexibility index (Phi) is 5.55. The Labute approximate surface area is 169 Å². The Morgan fingerprint density at radius 1 is 1.21 bits per heavy atom. The average Bonchev–Trinajstić information content (AvgIpc) is 3.15. The molecule has 4 rings (SSSR count). The molecule has 0 radical (unpaired) electrons. The number of benzene rings is 2. The van der Waals surface area contributed by atoms with Crippen LogP contribution in [0.3, 0.4) is 0 Å². The first-order valence-electron chi connectivity index (χ1n) is 9.59. The van der Waals surface area contributed by atoms with E-state index in [0.717, 1.165) is 54.8 Å². The van der Waals surface area contributed by atoms with Crippen LogP contribution in [0.25, 0.3) is 10.9 Å². The van der Waals surface area contributed by atoms with Crippen molar-refractivity contribution in [3.63, 3.8) is 0 Å². The zero-order chi connectivity index (χ0) is 19.5. The van der Waals surface area contributed by atoms with Crippen LogP contribution in [-0.4, -0.2) is 43.7 Å². The number of carbonyl (C=O) groups is 1. The topological polar surface area (TPSA) is 57.4 Å². The van der Waals surface area contributed by atoms with Crippen LogP contribution in [0.15, 0.2) is 42.5 Å². The molecule has 0 saturated carbocycles. The number of carbonyl (C=O) groups excluding carboxylic acids is 1. The summed E-state index contributed by atoms with van der Waals surface area (Å²) in [5.74, 6) is -0.0921. The van der Waals surface area contributed by atoms with Gasteiger partial charge >= 0.3 is 0 Å². The van der Waals surface area contributed by atoms with Crippen LogP contribution in [0.2, 0.25) is 5.02 Å². The number of rotatable bonds is 5. The van der Waals surface area contributed by atoms with Crippen molar-refractivity contribution in [3.05, 3.63) is 64.3 Å². The number of halogens is 1. The van der Waals surface area contributed by atoms with Crippen LogP contribution in [0.4, 0.5) is 5.69 Å². The van der Waals surface area contributed by atoms with Gasteiger partial charge in [0.05, 0.1) is 13.2 Å². The van der Waals surface area contributed by atoms with Gasteiger partial charge in [0.25, 0.3) is 5.91 Å². The molecule has 1 aromatic heterocycles. The fourth-order valence-electron chi connectivity index (χ4n) is 3.70. The first-order valence-corrected chi connectivity index (χ1v) is 9.97. The maximum absolute atomic E-state index is 12.6. The molecule has 1 aliphatic rings. The molecular weight excluding hydrogens is 374 g/mol. The van der Waals surface area contributed by atoms with Crippen LogP contribution < -0.4 is 10.2 Å². The van der Waals surface area contributed by atoms with Gasteiger partial charge in [-0.1, -0.05) is 29.8 Å². The van der Waals surface area contributed by atoms with Gasteiger partial charge in [0.2, 0.25) is 0 Å². The van der Waals surface area contributed by atoms with Crippen molar-refractivity contribution >= 4 is 34.1 Å². The molecule has 0 atom stereocenters. The predicted octanol–water partition coefficient (Wildman–Crippen LogP) is 3.94. The van der Waals surface area contributed by atoms with Crippen molar-refractivity contribution in [2.75, 3.05) is 37.7 Å². The van der Waals surface area contributed by atoms with Crippen molar-refractivity contribution < 1.29 is 9.53 Å². The molecule has 1 fully saturated rings. The molecule has 146 valence electrons. The van der Waals surface area contributed by atoms with Gasteiger partial charge < -0.3 is 19.9 Å². The zero-order valence-electron chi connectivity index (χ0n) is 15.9. The minimum Gasteiger partial charge on any atom is -0.378 e. The summed E-state index contributed by atoms with van der Waals surface area (Å²) in [5, 5.41) is 4.78. The van der Waals surface area contributed by atoms with Gasteiger partial charge in [0.1, 0.15) is 5.69 Å². The van der Waals surface area contributed by atoms with E-state index in [1.807, 2.05) is 43.3 Å². The summed E-state index contributed by atoms with van der Waals surface area (Å²) in [4.78, 5) is 18.1. The molecule has 5 nitrogen and oxygen atoms in total. The number of hydrogen-bond acceptors (Lipinski definition) is 3. The number of nitrogens with one attached hydrogen (secondary N) is 2. The third-order valence-electron chi connectivity index (χ3n) is 5.18. The number of amides is 1. The SMILES string of the molecule is Cc1cccc2cc(C(=O)NCCc3cc(Cl)ccc3N3CCOCC3)[nH]c12. The normalized spacial score (nSPS) is 14.4. The number of para-hydroxylation sites is 1. The quantitative estimate of drug-likeness (QED) is 0.685. The van der Waals surface area contributed by atoms with E-state index < -0.39 is 0 Å². The summed E-state index contributed by atoms with van der Waals surface area (Å²) in [6.07, 6.45) is 0.720. The smallest absolute Gasteiger partial charge is 0.267 e. The molecule has 2 N–H and O–H groups in total. The van der Waals surface area contributed by atoms with Crippen molar-refractivity contribution in [1.82, 2.24) is 10.3 Å². The van der Waals surface area contributed by atoms with Gasteiger partial charge in [-0.2, -0.15) is 0 Å². The lowest BCUT2D eigenvalue weighted by Crippen LogP contribution is -2.37. The number of hydrogen-bond donors (Lipinski definition) is 2. The summed E-state index contributed by atoms with van der Waals surface area (Å²) in [6, 6.07) is 13.9. The largest absolute Gasteiger partial charge is 0.378 e. The second-order valence-electron chi connectivity index (χ2n) is 7.10. The van der Waals surface area contributed by atoms with E-state index in [-0.39, 0.29) is 5.91 Å². The summed E-state index contributed by atoms with van der Waals surface area (Å²) >= 11 is 6.22. The summed E-state index contributed by atoms with van der Waals surface area (Å²) in [7, 11) is 0. The summed E-state index contributed by atoms with van der Waals surface area (Å²) in [5.41, 5.74) is 5.04. The molecule has 2 heterocycles. The highest BCUT2D eigenvalue weighted by Crippen LogP contribution is 2.25. The Morgan fingerprint density at radius 3 is 2.82 bits per heavy atom. The fraction of sp³-hybridized carbons (Fsp3) is 0.318. The lowest BCUT2D eigenvalue weighted by molar-refractivity contribution is 0.0950. The Hall–Kier alpha value is -2.50. The van der Waals surface area contributed by atoms with E-state index in [2.05, 4.69) is 21.3 Å². The van der Waals surface area contributed by atoms with Gasteiger partial charge in [0.15, 0.2) is 0 Å². The molecule has 0 unspecified atom stereocenters. The third-order valence-corrected chi connectivity index (χ3v) is 5.42. The van der Waals surface area contributed by atoms with Gasteiger partial charge in [-0.05, 0) is 48.7 Å². The fourth-order valence-corrected chi connectivity index (χ4v) is 3.90. The molecule has 28 heavy (non-hydrogen) atoms. The average molecular weight is 398 g/mol. The maximum Gasteiger partial charge on any atom is 0.267 e. The van der Waals surface area contributed by atoms with Crippen LogP contribution >= 0.6 is 11.6 Å². The molecule has 6 heteroatoms. The minimum absolute atomic E-state index is 0.0921. The number of morpholine rings is 1. The number of fused-ring (bicyclic) bond motifs is 1. The highest BCUT2D eigenvalue weighted by atomic mass is 35.5. The number of aryl methyl sites for hydroxylation is 1. The zero-order valence-corrected chi connectivity index (χ0v) is 16.7. The lowest BCUT2D eigenvalue weighted by atomic mass is 10.1. The number of anilines is 1. The Balaban J connectivity index is 1.43. The number of ether oxygens (including phenoxy) is 1. The van der Waals surface area contributed by atoms with Crippen LogP contribution in [0.1, 0.15) is 21.6 Å². The predicted molar refractivity (Wildman–Crippen MR) is 114 cm³/mol. The van der Waals surface area contributed by atoms with E-state index in [9.17, 15) is 4.79 Å². The highest BCUT2D eigenvalue weighted by molar-refractivity contribution is 6.30. The third kappa shape index (κ3) is 4.01. The molecule has 0 spiro atoms. The molecule has 1 saturated heterocycles. The van der Waals surface area contributed by atoms with E-state index in [4.69, 9.17) is 16.3 Å². The van der Waals surface area contributed by atoms with Crippen molar-refractivity contribution in [2.24, 2.45) is 0 Å². The van der Waals surface area contributed by atoms with Crippen LogP contribution in [-0.2, 0) is 11.2 Å². The van der Waals surface area contributed by atoms with Gasteiger partial charge in [-0.3, -0.25) is 4.79 Å². The number of aromatic nitrogens is 1. The van der Waals surface area contributed by atoms with Crippen LogP contribution in [0.5, 0.6) is 0 Å². The first-order chi connectivity index (χ1) is 13.6. The van der Waals surface area contributed by atoms with Crippen molar-refractivity contribution in [1.29, 1.82) is 0 Å². The molecule has 0 bridgehead atoms. The van der Waals surface area contributed by atoms with Gasteiger partial charge in [-0.15, -0.1) is 0 Å². The Bertz CT molecular complexity index is 993. The second kappa shape index (κ2) is 8.25.